The fraction of sp³-hybridized carbons (Fsp3) is 0.682. The molecule has 9 heteroatoms. The van der Waals surface area contributed by atoms with E-state index in [0.717, 1.165) is 44.2 Å². The van der Waals surface area contributed by atoms with Gasteiger partial charge in [0.2, 0.25) is 5.91 Å². The molecule has 1 aliphatic heterocycles. The molecule has 4 rings (SSSR count). The Hall–Kier alpha value is -2.15. The molecule has 3 N–H and O–H groups in total. The van der Waals surface area contributed by atoms with Gasteiger partial charge < -0.3 is 20.9 Å². The molecule has 2 aliphatic carbocycles. The zero-order valence-electron chi connectivity index (χ0n) is 18.6. The van der Waals surface area contributed by atoms with Gasteiger partial charge in [-0.15, -0.1) is 11.3 Å². The number of nitriles is 1. The van der Waals surface area contributed by atoms with E-state index < -0.39 is 0 Å². The van der Waals surface area contributed by atoms with Crippen LogP contribution < -0.4 is 11.1 Å². The number of thiophene rings is 1. The zero-order chi connectivity index (χ0) is 22.3. The summed E-state index contributed by atoms with van der Waals surface area (Å²) < 4.78 is 0. The van der Waals surface area contributed by atoms with Crippen LogP contribution in [0.25, 0.3) is 0 Å². The highest BCUT2D eigenvalue weighted by Crippen LogP contribution is 2.43. The molecule has 0 radical (unpaired) electrons. The summed E-state index contributed by atoms with van der Waals surface area (Å²) in [6, 6.07) is 2.39. The molecule has 0 unspecified atom stereocenters. The number of fused-ring (bicyclic) bond motifs is 2. The fourth-order valence-electron chi connectivity index (χ4n) is 5.10. The highest BCUT2D eigenvalue weighted by Gasteiger charge is 2.45. The molecule has 3 aliphatic rings. The van der Waals surface area contributed by atoms with Gasteiger partial charge in [0.1, 0.15) is 11.1 Å². The van der Waals surface area contributed by atoms with Crippen molar-refractivity contribution < 1.29 is 9.59 Å². The standard InChI is InChI=1S/C22H32N6O2S/c1-26(2)7-6-25-22(30)28(15-4-5-15)21(29)14-8-13-9-16-17(11-23)20(24)31-19(16)10-18(13)27(3)12-14/h13-15,18H,4-10,12,24H2,1-3H3,(H,25,30)/t13-,14-,18-/m1/s1. The molecule has 0 spiro atoms. The van der Waals surface area contributed by atoms with Gasteiger partial charge in [-0.05, 0) is 64.7 Å². The highest BCUT2D eigenvalue weighted by molar-refractivity contribution is 7.16. The summed E-state index contributed by atoms with van der Waals surface area (Å²) >= 11 is 1.53. The van der Waals surface area contributed by atoms with E-state index >= 15 is 0 Å². The van der Waals surface area contributed by atoms with Gasteiger partial charge in [0, 0.05) is 36.6 Å². The number of nitrogens with two attached hydrogens (primary N) is 1. The summed E-state index contributed by atoms with van der Waals surface area (Å²) in [4.78, 5) is 33.3. The van der Waals surface area contributed by atoms with Gasteiger partial charge in [-0.1, -0.05) is 0 Å². The molecule has 8 nitrogen and oxygen atoms in total. The molecular formula is C22H32N6O2S. The Labute approximate surface area is 188 Å². The van der Waals surface area contributed by atoms with Crippen molar-refractivity contribution in [1.82, 2.24) is 20.0 Å². The molecular weight excluding hydrogens is 412 g/mol. The average Bonchev–Trinajstić information content (AvgIpc) is 3.48. The lowest BCUT2D eigenvalue weighted by molar-refractivity contribution is -0.136. The van der Waals surface area contributed by atoms with E-state index in [9.17, 15) is 14.9 Å². The minimum atomic E-state index is -0.262. The minimum absolute atomic E-state index is 0.0368. The van der Waals surface area contributed by atoms with Crippen LogP contribution in [0.15, 0.2) is 0 Å². The van der Waals surface area contributed by atoms with E-state index in [1.165, 1.54) is 21.1 Å². The Balaban J connectivity index is 1.47. The molecule has 3 atom stereocenters. The highest BCUT2D eigenvalue weighted by atomic mass is 32.1. The quantitative estimate of drug-likeness (QED) is 0.713. The van der Waals surface area contributed by atoms with Gasteiger partial charge in [0.15, 0.2) is 0 Å². The first-order chi connectivity index (χ1) is 14.8. The number of anilines is 1. The van der Waals surface area contributed by atoms with Gasteiger partial charge >= 0.3 is 6.03 Å². The second kappa shape index (κ2) is 8.77. The zero-order valence-corrected chi connectivity index (χ0v) is 19.4. The van der Waals surface area contributed by atoms with Crippen LogP contribution in [0.5, 0.6) is 0 Å². The Morgan fingerprint density at radius 1 is 1.32 bits per heavy atom. The van der Waals surface area contributed by atoms with Crippen LogP contribution in [0.3, 0.4) is 0 Å². The summed E-state index contributed by atoms with van der Waals surface area (Å²) in [5.41, 5.74) is 7.77. The van der Waals surface area contributed by atoms with Crippen LogP contribution >= 0.6 is 11.3 Å². The monoisotopic (exact) mass is 444 g/mol. The largest absolute Gasteiger partial charge is 0.389 e. The molecule has 0 aromatic carbocycles. The maximum Gasteiger partial charge on any atom is 0.324 e. The third-order valence-electron chi connectivity index (χ3n) is 6.85. The SMILES string of the molecule is CN(C)CCNC(=O)N(C(=O)[C@@H]1C[C@@H]2Cc3c(sc(N)c3C#N)C[C@H]2N(C)C1)C1CC1. The van der Waals surface area contributed by atoms with Crippen LogP contribution in [-0.2, 0) is 17.6 Å². The van der Waals surface area contributed by atoms with Gasteiger partial charge in [-0.25, -0.2) is 4.79 Å². The van der Waals surface area contributed by atoms with Crippen LogP contribution in [0, 0.1) is 23.2 Å². The summed E-state index contributed by atoms with van der Waals surface area (Å²) in [6.07, 6.45) is 4.20. The van der Waals surface area contributed by atoms with Crippen molar-refractivity contribution in [2.24, 2.45) is 11.8 Å². The maximum atomic E-state index is 13.5. The van der Waals surface area contributed by atoms with E-state index in [1.54, 1.807) is 0 Å². The predicted octanol–water partition coefficient (Wildman–Crippen LogP) is 1.50. The lowest BCUT2D eigenvalue weighted by atomic mass is 9.74. The van der Waals surface area contributed by atoms with Gasteiger partial charge in [0.25, 0.3) is 0 Å². The Morgan fingerprint density at radius 3 is 2.71 bits per heavy atom. The number of amides is 3. The van der Waals surface area contributed by atoms with Crippen LogP contribution in [0.2, 0.25) is 0 Å². The molecule has 168 valence electrons. The summed E-state index contributed by atoms with van der Waals surface area (Å²) in [5, 5.41) is 13.0. The van der Waals surface area contributed by atoms with Gasteiger partial charge in [-0.3, -0.25) is 9.69 Å². The molecule has 1 aromatic rings. The number of nitrogen functional groups attached to an aromatic ring is 1. The number of carbonyl (C=O) groups excluding carboxylic acids is 2. The second-order valence-electron chi connectivity index (χ2n) is 9.44. The Morgan fingerprint density at radius 2 is 2.06 bits per heavy atom. The van der Waals surface area contributed by atoms with Crippen molar-refractivity contribution in [3.05, 3.63) is 16.0 Å². The van der Waals surface area contributed by atoms with E-state index in [0.29, 0.717) is 35.6 Å². The van der Waals surface area contributed by atoms with E-state index in [4.69, 9.17) is 5.73 Å². The minimum Gasteiger partial charge on any atom is -0.389 e. The summed E-state index contributed by atoms with van der Waals surface area (Å²) in [7, 11) is 5.99. The molecule has 1 saturated heterocycles. The van der Waals surface area contributed by atoms with Crippen molar-refractivity contribution in [2.75, 3.05) is 46.5 Å². The molecule has 3 amide bonds. The number of nitrogens with zero attached hydrogens (tertiary/aromatic N) is 4. The van der Waals surface area contributed by atoms with E-state index in [2.05, 4.69) is 23.3 Å². The third kappa shape index (κ3) is 4.43. The normalized spacial score (nSPS) is 25.5. The van der Waals surface area contributed by atoms with Crippen LogP contribution in [-0.4, -0.2) is 79.5 Å². The number of hydrogen-bond acceptors (Lipinski definition) is 7. The number of urea groups is 1. The van der Waals surface area contributed by atoms with Gasteiger partial charge in [-0.2, -0.15) is 5.26 Å². The van der Waals surface area contributed by atoms with Crippen LogP contribution in [0.1, 0.15) is 35.3 Å². The molecule has 0 bridgehead atoms. The molecule has 1 saturated carbocycles. The number of likely N-dealkylation sites (tertiary alicyclic amines) is 1. The number of carbonyl (C=O) groups is 2. The van der Waals surface area contributed by atoms with E-state index in [-0.39, 0.29) is 23.9 Å². The number of hydrogen-bond donors (Lipinski definition) is 2. The number of piperidine rings is 1. The number of nitrogens with one attached hydrogen (secondary N) is 1. The third-order valence-corrected chi connectivity index (χ3v) is 7.93. The lowest BCUT2D eigenvalue weighted by Gasteiger charge is -2.45. The van der Waals surface area contributed by atoms with Crippen molar-refractivity contribution in [3.8, 4) is 6.07 Å². The first-order valence-corrected chi connectivity index (χ1v) is 11.9. The number of rotatable bonds is 5. The molecule has 31 heavy (non-hydrogen) atoms. The maximum absolute atomic E-state index is 13.5. The number of likely N-dealkylation sites (N-methyl/N-ethyl adjacent to an activating group) is 2. The molecule has 1 aromatic heterocycles. The topological polar surface area (TPSA) is 106 Å². The van der Waals surface area contributed by atoms with Crippen molar-refractivity contribution in [2.45, 2.75) is 44.2 Å². The number of imide groups is 1. The lowest BCUT2D eigenvalue weighted by Crippen LogP contribution is -2.56. The average molecular weight is 445 g/mol. The van der Waals surface area contributed by atoms with E-state index in [1.807, 2.05) is 19.0 Å². The van der Waals surface area contributed by atoms with Gasteiger partial charge in [0.05, 0.1) is 11.5 Å². The fourth-order valence-corrected chi connectivity index (χ4v) is 6.20. The Bertz CT molecular complexity index is 903. The first kappa shape index (κ1) is 22.1. The van der Waals surface area contributed by atoms with Crippen molar-refractivity contribution in [3.63, 3.8) is 0 Å². The summed E-state index contributed by atoms with van der Waals surface area (Å²) in [6.45, 7) is 1.92. The predicted molar refractivity (Wildman–Crippen MR) is 121 cm³/mol. The Kier molecular flexibility index (Phi) is 6.24. The smallest absolute Gasteiger partial charge is 0.324 e. The van der Waals surface area contributed by atoms with Crippen molar-refractivity contribution >= 4 is 28.3 Å². The van der Waals surface area contributed by atoms with Crippen molar-refractivity contribution in [1.29, 1.82) is 5.26 Å². The van der Waals surface area contributed by atoms with Crippen LogP contribution in [0.4, 0.5) is 9.80 Å². The first-order valence-electron chi connectivity index (χ1n) is 11.1. The summed E-state index contributed by atoms with van der Waals surface area (Å²) in [5.74, 6) is 0.0416. The second-order valence-corrected chi connectivity index (χ2v) is 10.6. The molecule has 2 fully saturated rings. The molecule has 2 heterocycles.